The minimum atomic E-state index is -0.481. The maximum atomic E-state index is 12.8. The Labute approximate surface area is 139 Å². The maximum Gasteiger partial charge on any atom is 0.270 e. The van der Waals surface area contributed by atoms with Crippen molar-refractivity contribution in [2.75, 3.05) is 4.90 Å². The number of aryl methyl sites for hydroxylation is 2. The van der Waals surface area contributed by atoms with Crippen LogP contribution in [0.5, 0.6) is 0 Å². The van der Waals surface area contributed by atoms with E-state index in [9.17, 15) is 9.59 Å². The van der Waals surface area contributed by atoms with Crippen molar-refractivity contribution in [3.63, 3.8) is 0 Å². The first kappa shape index (κ1) is 15.2. The Hall–Kier alpha value is -2.73. The maximum absolute atomic E-state index is 12.8. The van der Waals surface area contributed by atoms with Gasteiger partial charge < -0.3 is 4.57 Å². The zero-order valence-electron chi connectivity index (χ0n) is 12.7. The van der Waals surface area contributed by atoms with Gasteiger partial charge in [0.05, 0.1) is 5.69 Å². The number of carbonyl (C=O) groups is 2. The molecular formula is C17H15N3O2S. The van der Waals surface area contributed by atoms with Crippen molar-refractivity contribution in [2.45, 2.75) is 6.92 Å². The number of benzene rings is 1. The molecule has 2 amide bonds. The van der Waals surface area contributed by atoms with E-state index >= 15 is 0 Å². The van der Waals surface area contributed by atoms with E-state index in [2.05, 4.69) is 5.32 Å². The van der Waals surface area contributed by atoms with E-state index < -0.39 is 11.8 Å². The van der Waals surface area contributed by atoms with Gasteiger partial charge in [-0.2, -0.15) is 0 Å². The molecule has 1 aromatic heterocycles. The Morgan fingerprint density at radius 2 is 1.87 bits per heavy atom. The molecule has 1 fully saturated rings. The molecule has 0 atom stereocenters. The fraction of sp³-hybridized carbons (Fsp3) is 0.118. The van der Waals surface area contributed by atoms with Gasteiger partial charge in [0.25, 0.3) is 11.8 Å². The van der Waals surface area contributed by atoms with E-state index in [1.54, 1.807) is 12.1 Å². The molecule has 0 bridgehead atoms. The van der Waals surface area contributed by atoms with Crippen molar-refractivity contribution >= 4 is 40.9 Å². The highest BCUT2D eigenvalue weighted by molar-refractivity contribution is 7.80. The van der Waals surface area contributed by atoms with Gasteiger partial charge in [-0.15, -0.1) is 0 Å². The van der Waals surface area contributed by atoms with E-state index in [-0.39, 0.29) is 10.7 Å². The summed E-state index contributed by atoms with van der Waals surface area (Å²) in [6.45, 7) is 1.89. The molecule has 23 heavy (non-hydrogen) atoms. The zero-order chi connectivity index (χ0) is 16.6. The van der Waals surface area contributed by atoms with E-state index in [0.29, 0.717) is 5.69 Å². The van der Waals surface area contributed by atoms with Gasteiger partial charge in [-0.3, -0.25) is 19.8 Å². The number of aromatic nitrogens is 1. The van der Waals surface area contributed by atoms with Crippen molar-refractivity contribution < 1.29 is 9.59 Å². The third-order valence-corrected chi connectivity index (χ3v) is 4.02. The lowest BCUT2D eigenvalue weighted by molar-refractivity contribution is -0.122. The molecule has 6 heteroatoms. The lowest BCUT2D eigenvalue weighted by Gasteiger charge is -2.29. The summed E-state index contributed by atoms with van der Waals surface area (Å²) in [6, 6.07) is 11.1. The number of nitrogens with zero attached hydrogens (tertiary/aromatic N) is 2. The molecule has 0 saturated carbocycles. The molecule has 1 saturated heterocycles. The average molecular weight is 325 g/mol. The molecule has 1 N–H and O–H groups in total. The van der Waals surface area contributed by atoms with Crippen LogP contribution in [-0.4, -0.2) is 21.5 Å². The molecule has 0 radical (unpaired) electrons. The number of hydrogen-bond donors (Lipinski definition) is 1. The fourth-order valence-electron chi connectivity index (χ4n) is 2.46. The molecule has 0 unspecified atom stereocenters. The van der Waals surface area contributed by atoms with E-state index in [1.807, 2.05) is 55.1 Å². The Morgan fingerprint density at radius 1 is 1.13 bits per heavy atom. The second kappa shape index (κ2) is 5.81. The van der Waals surface area contributed by atoms with Crippen molar-refractivity contribution in [3.8, 4) is 0 Å². The Morgan fingerprint density at radius 3 is 2.52 bits per heavy atom. The van der Waals surface area contributed by atoms with Crippen LogP contribution in [0.4, 0.5) is 5.69 Å². The van der Waals surface area contributed by atoms with Gasteiger partial charge in [0.1, 0.15) is 5.57 Å². The van der Waals surface area contributed by atoms with Crippen LogP contribution in [0.2, 0.25) is 0 Å². The average Bonchev–Trinajstić information content (AvgIpc) is 2.90. The van der Waals surface area contributed by atoms with Crippen molar-refractivity contribution in [1.82, 2.24) is 9.88 Å². The smallest absolute Gasteiger partial charge is 0.270 e. The van der Waals surface area contributed by atoms with Crippen molar-refractivity contribution in [2.24, 2.45) is 7.05 Å². The number of amides is 2. The van der Waals surface area contributed by atoms with E-state index in [0.717, 1.165) is 11.3 Å². The molecule has 0 spiro atoms. The second-order valence-electron chi connectivity index (χ2n) is 5.29. The van der Waals surface area contributed by atoms with Crippen LogP contribution in [0.25, 0.3) is 6.08 Å². The lowest BCUT2D eigenvalue weighted by Crippen LogP contribution is -2.54. The molecule has 1 aromatic carbocycles. The standard InChI is InChI=1S/C17H15N3O2S/c1-11-6-3-4-8-14(11)20-16(22)13(15(21)18-17(20)23)10-12-7-5-9-19(12)2/h3-10H,1-2H3,(H,18,21,23)/b13-10-. The summed E-state index contributed by atoms with van der Waals surface area (Å²) in [5, 5.41) is 2.68. The summed E-state index contributed by atoms with van der Waals surface area (Å²) in [5.41, 5.74) is 2.39. The largest absolute Gasteiger partial charge is 0.351 e. The van der Waals surface area contributed by atoms with Gasteiger partial charge in [0, 0.05) is 18.9 Å². The van der Waals surface area contributed by atoms with E-state index in [1.165, 1.54) is 4.90 Å². The molecule has 2 heterocycles. The van der Waals surface area contributed by atoms with Gasteiger partial charge in [0.2, 0.25) is 0 Å². The SMILES string of the molecule is Cc1ccccc1N1C(=O)/C(=C\c2cccn2C)C(=O)NC1=S. The van der Waals surface area contributed by atoms with Crippen molar-refractivity contribution in [1.29, 1.82) is 0 Å². The van der Waals surface area contributed by atoms with Crippen LogP contribution < -0.4 is 10.2 Å². The van der Waals surface area contributed by atoms with E-state index in [4.69, 9.17) is 12.2 Å². The number of nitrogens with one attached hydrogen (secondary N) is 1. The molecular weight excluding hydrogens is 310 g/mol. The normalized spacial score (nSPS) is 16.9. The van der Waals surface area contributed by atoms with Crippen LogP contribution in [-0.2, 0) is 16.6 Å². The Balaban J connectivity index is 2.07. The van der Waals surface area contributed by atoms with Gasteiger partial charge >= 0.3 is 0 Å². The predicted molar refractivity (Wildman–Crippen MR) is 92.8 cm³/mol. The topological polar surface area (TPSA) is 54.3 Å². The Bertz CT molecular complexity index is 851. The van der Waals surface area contributed by atoms with Gasteiger partial charge in [-0.1, -0.05) is 18.2 Å². The summed E-state index contributed by atoms with van der Waals surface area (Å²) in [4.78, 5) is 26.4. The number of carbonyl (C=O) groups excluding carboxylic acids is 2. The number of anilines is 1. The first-order chi connectivity index (χ1) is 11.0. The zero-order valence-corrected chi connectivity index (χ0v) is 13.6. The molecule has 3 rings (SSSR count). The highest BCUT2D eigenvalue weighted by Crippen LogP contribution is 2.24. The summed E-state index contributed by atoms with van der Waals surface area (Å²) < 4.78 is 1.83. The predicted octanol–water partition coefficient (Wildman–Crippen LogP) is 2.16. The van der Waals surface area contributed by atoms with Crippen molar-refractivity contribution in [3.05, 3.63) is 59.4 Å². The summed E-state index contributed by atoms with van der Waals surface area (Å²) >= 11 is 5.19. The molecule has 0 aliphatic carbocycles. The molecule has 5 nitrogen and oxygen atoms in total. The molecule has 116 valence electrons. The first-order valence-electron chi connectivity index (χ1n) is 7.07. The molecule has 2 aromatic rings. The third-order valence-electron chi connectivity index (χ3n) is 3.73. The fourth-order valence-corrected chi connectivity index (χ4v) is 2.74. The van der Waals surface area contributed by atoms with Gasteiger partial charge in [-0.05, 0) is 49.0 Å². The van der Waals surface area contributed by atoms with Gasteiger partial charge in [-0.25, -0.2) is 0 Å². The third kappa shape index (κ3) is 2.68. The number of rotatable bonds is 2. The quantitative estimate of drug-likeness (QED) is 0.523. The highest BCUT2D eigenvalue weighted by Gasteiger charge is 2.35. The Kier molecular flexibility index (Phi) is 3.83. The van der Waals surface area contributed by atoms with Crippen LogP contribution >= 0.6 is 12.2 Å². The van der Waals surface area contributed by atoms with Crippen LogP contribution in [0.1, 0.15) is 11.3 Å². The van der Waals surface area contributed by atoms with Gasteiger partial charge in [0.15, 0.2) is 5.11 Å². The number of hydrogen-bond acceptors (Lipinski definition) is 3. The minimum Gasteiger partial charge on any atom is -0.351 e. The lowest BCUT2D eigenvalue weighted by atomic mass is 10.1. The summed E-state index contributed by atoms with van der Waals surface area (Å²) in [6.07, 6.45) is 3.42. The second-order valence-corrected chi connectivity index (χ2v) is 5.67. The first-order valence-corrected chi connectivity index (χ1v) is 7.48. The highest BCUT2D eigenvalue weighted by atomic mass is 32.1. The monoisotopic (exact) mass is 325 g/mol. The summed E-state index contributed by atoms with van der Waals surface area (Å²) in [7, 11) is 1.85. The number of thiocarbonyl (C=S) groups is 1. The molecule has 1 aliphatic heterocycles. The molecule has 1 aliphatic rings. The minimum absolute atomic E-state index is 0.0589. The van der Waals surface area contributed by atoms with Crippen LogP contribution in [0.3, 0.4) is 0 Å². The summed E-state index contributed by atoms with van der Waals surface area (Å²) in [5.74, 6) is -0.903. The van der Waals surface area contributed by atoms with Crippen LogP contribution in [0.15, 0.2) is 48.2 Å². The van der Waals surface area contributed by atoms with Crippen LogP contribution in [0, 0.1) is 6.92 Å². The number of para-hydroxylation sites is 1.